The number of fused-ring (bicyclic) bond motifs is 3. The molecule has 1 fully saturated rings. The molecule has 0 bridgehead atoms. The maximum atomic E-state index is 13.1. The number of halogens is 1. The minimum atomic E-state index is -1.14. The van der Waals surface area contributed by atoms with E-state index in [-0.39, 0.29) is 40.0 Å². The number of imide groups is 3. The average Bonchev–Trinajstić information content (AvgIpc) is 3.06. The zero-order valence-electron chi connectivity index (χ0n) is 17.9. The summed E-state index contributed by atoms with van der Waals surface area (Å²) in [4.78, 5) is 64.4. The van der Waals surface area contributed by atoms with Gasteiger partial charge in [0.1, 0.15) is 11.5 Å². The Labute approximate surface area is 202 Å². The number of urea groups is 1. The highest BCUT2D eigenvalue weighted by Crippen LogP contribution is 2.56. The maximum Gasteiger partial charge on any atom is 0.328 e. The van der Waals surface area contributed by atoms with Crippen LogP contribution in [-0.4, -0.2) is 46.5 Å². The van der Waals surface area contributed by atoms with Gasteiger partial charge in [0.2, 0.25) is 11.8 Å². The van der Waals surface area contributed by atoms with E-state index in [1.165, 1.54) is 19.3 Å². The number of hydrogen-bond donors (Lipinski definition) is 2. The van der Waals surface area contributed by atoms with Gasteiger partial charge in [-0.05, 0) is 40.8 Å². The molecule has 4 atom stereocenters. The van der Waals surface area contributed by atoms with Gasteiger partial charge in [-0.1, -0.05) is 17.7 Å². The largest absolute Gasteiger partial charge is 0.507 e. The lowest BCUT2D eigenvalue weighted by Crippen LogP contribution is -2.42. The molecule has 0 aromatic heterocycles. The smallest absolute Gasteiger partial charge is 0.328 e. The molecule has 4 amide bonds. The van der Waals surface area contributed by atoms with Crippen LogP contribution in [0.1, 0.15) is 24.3 Å². The van der Waals surface area contributed by atoms with Crippen molar-refractivity contribution in [1.29, 1.82) is 0 Å². The normalized spacial score (nSPS) is 28.2. The number of phenolic OH excluding ortho intramolecular Hbond substituents is 1. The number of allylic oxidation sites excluding steroid dienone is 6. The first-order valence-electron chi connectivity index (χ1n) is 10.6. The van der Waals surface area contributed by atoms with Crippen LogP contribution >= 0.6 is 15.9 Å². The zero-order chi connectivity index (χ0) is 24.5. The lowest BCUT2D eigenvalue weighted by atomic mass is 9.59. The standard InChI is InChI=1S/C24H19BrN2O7/c1-34-9-2-3-11(16(28)6-9)18-10-4-5-12-19(23(32)27(22(12)31)24(26)33)13(10)7-14-20(18)17(29)8-15(25)21(14)30/h2-4,6,8,12-13,18-19,28H,5,7H2,1H3,(H2,26,33)/t12-,13+,18+,19-/m0/s1. The van der Waals surface area contributed by atoms with Gasteiger partial charge >= 0.3 is 6.03 Å². The Morgan fingerprint density at radius 1 is 1.18 bits per heavy atom. The molecule has 9 nitrogen and oxygen atoms in total. The number of amides is 4. The Morgan fingerprint density at radius 3 is 2.56 bits per heavy atom. The van der Waals surface area contributed by atoms with Crippen molar-refractivity contribution >= 4 is 45.3 Å². The molecule has 1 aliphatic heterocycles. The predicted octanol–water partition coefficient (Wildman–Crippen LogP) is 2.24. The molecule has 0 radical (unpaired) electrons. The van der Waals surface area contributed by atoms with E-state index in [2.05, 4.69) is 15.9 Å². The maximum absolute atomic E-state index is 13.1. The molecular weight excluding hydrogens is 508 g/mol. The molecular formula is C24H19BrN2O7. The van der Waals surface area contributed by atoms with Crippen LogP contribution in [0.2, 0.25) is 0 Å². The molecule has 1 saturated heterocycles. The monoisotopic (exact) mass is 526 g/mol. The summed E-state index contributed by atoms with van der Waals surface area (Å²) in [6, 6.07) is 3.51. The number of methoxy groups -OCH3 is 1. The fourth-order valence-electron chi connectivity index (χ4n) is 5.67. The Balaban J connectivity index is 1.71. The second-order valence-corrected chi connectivity index (χ2v) is 9.52. The van der Waals surface area contributed by atoms with Crippen LogP contribution in [-0.2, 0) is 19.2 Å². The number of Topliss-reactive ketones (excluding diaryl/α,β-unsaturated/α-hetero) is 1. The fraction of sp³-hybridized carbons (Fsp3) is 0.292. The number of hydrogen-bond acceptors (Lipinski definition) is 7. The minimum Gasteiger partial charge on any atom is -0.507 e. The van der Waals surface area contributed by atoms with Crippen LogP contribution in [0.25, 0.3) is 0 Å². The van der Waals surface area contributed by atoms with Gasteiger partial charge in [-0.15, -0.1) is 0 Å². The second-order valence-electron chi connectivity index (χ2n) is 8.67. The number of phenols is 1. The highest BCUT2D eigenvalue weighted by molar-refractivity contribution is 9.12. The molecule has 1 aromatic carbocycles. The average molecular weight is 527 g/mol. The summed E-state index contributed by atoms with van der Waals surface area (Å²) in [7, 11) is 1.45. The molecule has 0 saturated carbocycles. The number of primary amides is 1. The quantitative estimate of drug-likeness (QED) is 0.341. The molecule has 4 aliphatic rings. The lowest BCUT2D eigenvalue weighted by Gasteiger charge is -2.42. The molecule has 174 valence electrons. The van der Waals surface area contributed by atoms with Crippen LogP contribution in [0.3, 0.4) is 0 Å². The summed E-state index contributed by atoms with van der Waals surface area (Å²) in [6.07, 6.45) is 3.21. The van der Waals surface area contributed by atoms with Gasteiger partial charge < -0.3 is 15.6 Å². The van der Waals surface area contributed by atoms with Crippen molar-refractivity contribution in [2.75, 3.05) is 7.11 Å². The second kappa shape index (κ2) is 7.76. The van der Waals surface area contributed by atoms with Crippen LogP contribution in [0.4, 0.5) is 4.79 Å². The lowest BCUT2D eigenvalue weighted by molar-refractivity contribution is -0.136. The van der Waals surface area contributed by atoms with Gasteiger partial charge in [-0.3, -0.25) is 19.2 Å². The molecule has 1 aromatic rings. The summed E-state index contributed by atoms with van der Waals surface area (Å²) in [5, 5.41) is 10.8. The van der Waals surface area contributed by atoms with Gasteiger partial charge in [0.05, 0.1) is 23.4 Å². The van der Waals surface area contributed by atoms with Gasteiger partial charge in [-0.25, -0.2) is 4.79 Å². The van der Waals surface area contributed by atoms with Crippen LogP contribution in [0.5, 0.6) is 11.5 Å². The molecule has 34 heavy (non-hydrogen) atoms. The van der Waals surface area contributed by atoms with Gasteiger partial charge in [0.15, 0.2) is 11.6 Å². The Hall–Kier alpha value is -3.53. The van der Waals surface area contributed by atoms with Crippen molar-refractivity contribution < 1.29 is 33.8 Å². The Kier molecular flexibility index (Phi) is 5.09. The number of ether oxygens (including phenoxy) is 1. The molecule has 0 spiro atoms. The SMILES string of the molecule is COc1ccc([C@H]2C3=CC[C@@H]4C(=O)N(C(N)=O)C(=O)[C@@H]4[C@@H]3CC3=C2C(=O)C=C(Br)C3=O)c(O)c1. The molecule has 3 aliphatic carbocycles. The van der Waals surface area contributed by atoms with E-state index >= 15 is 0 Å². The van der Waals surface area contributed by atoms with Crippen molar-refractivity contribution in [2.24, 2.45) is 23.5 Å². The highest BCUT2D eigenvalue weighted by atomic mass is 79.9. The molecule has 0 unspecified atom stereocenters. The first-order valence-corrected chi connectivity index (χ1v) is 11.4. The Morgan fingerprint density at radius 2 is 1.91 bits per heavy atom. The van der Waals surface area contributed by atoms with Crippen molar-refractivity contribution in [2.45, 2.75) is 18.8 Å². The van der Waals surface area contributed by atoms with E-state index in [9.17, 15) is 29.1 Å². The first-order chi connectivity index (χ1) is 16.1. The number of nitrogens with two attached hydrogens (primary N) is 1. The van der Waals surface area contributed by atoms with Crippen molar-refractivity contribution in [3.63, 3.8) is 0 Å². The highest BCUT2D eigenvalue weighted by Gasteiger charge is 2.57. The van der Waals surface area contributed by atoms with Crippen LogP contribution in [0.15, 0.2) is 51.6 Å². The number of carbonyl (C=O) groups is 5. The fourth-order valence-corrected chi connectivity index (χ4v) is 6.12. The van der Waals surface area contributed by atoms with Crippen LogP contribution < -0.4 is 10.5 Å². The first kappa shape index (κ1) is 22.3. The predicted molar refractivity (Wildman–Crippen MR) is 121 cm³/mol. The van der Waals surface area contributed by atoms with Crippen LogP contribution in [0, 0.1) is 17.8 Å². The zero-order valence-corrected chi connectivity index (χ0v) is 19.5. The van der Waals surface area contributed by atoms with Crippen molar-refractivity contribution in [3.8, 4) is 11.5 Å². The molecule has 10 heteroatoms. The third-order valence-corrected chi connectivity index (χ3v) is 7.69. The number of benzene rings is 1. The Bertz CT molecular complexity index is 1310. The topological polar surface area (TPSA) is 144 Å². The van der Waals surface area contributed by atoms with Crippen molar-refractivity contribution in [3.05, 3.63) is 57.1 Å². The van der Waals surface area contributed by atoms with Crippen molar-refractivity contribution in [1.82, 2.24) is 4.90 Å². The number of rotatable bonds is 2. The van der Waals surface area contributed by atoms with E-state index in [1.54, 1.807) is 18.2 Å². The molecule has 3 N–H and O–H groups in total. The van der Waals surface area contributed by atoms with E-state index in [1.807, 2.05) is 0 Å². The summed E-state index contributed by atoms with van der Waals surface area (Å²) < 4.78 is 5.26. The van der Waals surface area contributed by atoms with E-state index in [0.717, 1.165) is 0 Å². The van der Waals surface area contributed by atoms with Gasteiger partial charge in [0, 0.05) is 34.8 Å². The summed E-state index contributed by atoms with van der Waals surface area (Å²) in [6.45, 7) is 0. The molecule has 1 heterocycles. The number of nitrogens with zero attached hydrogens (tertiary/aromatic N) is 1. The summed E-state index contributed by atoms with van der Waals surface area (Å²) in [5.74, 6) is -4.98. The molecule has 5 rings (SSSR count). The van der Waals surface area contributed by atoms with E-state index < -0.39 is 47.3 Å². The van der Waals surface area contributed by atoms with E-state index in [4.69, 9.17) is 10.5 Å². The van der Waals surface area contributed by atoms with Gasteiger partial charge in [-0.2, -0.15) is 4.90 Å². The minimum absolute atomic E-state index is 0.0505. The number of ketones is 2. The van der Waals surface area contributed by atoms with Gasteiger partial charge in [0.25, 0.3) is 0 Å². The van der Waals surface area contributed by atoms with E-state index in [0.29, 0.717) is 21.8 Å². The summed E-state index contributed by atoms with van der Waals surface area (Å²) >= 11 is 3.15. The summed E-state index contributed by atoms with van der Waals surface area (Å²) in [5.41, 5.74) is 6.78. The third kappa shape index (κ3) is 3.01. The number of carbonyl (C=O) groups excluding carboxylic acids is 5. The number of likely N-dealkylation sites (tertiary alicyclic amines) is 1. The third-order valence-electron chi connectivity index (χ3n) is 7.10. The number of aromatic hydroxyl groups is 1.